The average Bonchev–Trinajstić information content (AvgIpc) is 2.62. The first-order valence-corrected chi connectivity index (χ1v) is 10.5. The van der Waals surface area contributed by atoms with E-state index in [4.69, 9.17) is 0 Å². The van der Waals surface area contributed by atoms with Gasteiger partial charge in [0.1, 0.15) is 6.29 Å². The minimum absolute atomic E-state index is 0.240. The molecule has 2 nitrogen and oxygen atoms in total. The molecule has 0 fully saturated rings. The number of hydrogen-bond acceptors (Lipinski definition) is 2. The first kappa shape index (κ1) is 24.8. The van der Waals surface area contributed by atoms with Crippen LogP contribution in [0.1, 0.15) is 105 Å². The van der Waals surface area contributed by atoms with Crippen molar-refractivity contribution in [3.05, 3.63) is 24.3 Å². The van der Waals surface area contributed by atoms with Crippen LogP contribution in [0.15, 0.2) is 24.3 Å². The highest BCUT2D eigenvalue weighted by Crippen LogP contribution is 2.48. The van der Waals surface area contributed by atoms with Crippen LogP contribution in [-0.4, -0.2) is 12.6 Å². The first-order chi connectivity index (χ1) is 12.4. The Labute approximate surface area is 162 Å². The largest absolute Gasteiger partial charge is 0.303 e. The van der Waals surface area contributed by atoms with Crippen LogP contribution in [0.25, 0.3) is 0 Å². The Kier molecular flexibility index (Phi) is 13.3. The molecule has 0 aliphatic carbocycles. The van der Waals surface area contributed by atoms with Gasteiger partial charge in [-0.2, -0.15) is 0 Å². The molecule has 0 saturated carbocycles. The lowest BCUT2D eigenvalue weighted by molar-refractivity contribution is -0.110. The summed E-state index contributed by atoms with van der Waals surface area (Å²) in [5.74, 6) is 0. The lowest BCUT2D eigenvalue weighted by Gasteiger charge is -2.42. The molecule has 0 aromatic heterocycles. The van der Waals surface area contributed by atoms with Gasteiger partial charge >= 0.3 is 0 Å². The third-order valence-electron chi connectivity index (χ3n) is 5.84. The molecular weight excluding hydrogens is 320 g/mol. The minimum Gasteiger partial charge on any atom is -0.303 e. The Hall–Kier alpha value is -1.18. The van der Waals surface area contributed by atoms with Gasteiger partial charge in [0.25, 0.3) is 0 Å². The van der Waals surface area contributed by atoms with Crippen LogP contribution in [0, 0.1) is 10.8 Å². The smallest absolute Gasteiger partial charge is 0.206 e. The van der Waals surface area contributed by atoms with Crippen molar-refractivity contribution >= 4 is 12.6 Å². The van der Waals surface area contributed by atoms with Crippen molar-refractivity contribution in [1.29, 1.82) is 0 Å². The topological polar surface area (TPSA) is 34.1 Å². The monoisotopic (exact) mass is 361 g/mol. The molecule has 2 atom stereocenters. The lowest BCUT2D eigenvalue weighted by atomic mass is 9.59. The van der Waals surface area contributed by atoms with Crippen LogP contribution in [0.2, 0.25) is 0 Å². The predicted octanol–water partition coefficient (Wildman–Crippen LogP) is 7.14. The van der Waals surface area contributed by atoms with Crippen molar-refractivity contribution in [3.8, 4) is 0 Å². The fourth-order valence-corrected chi connectivity index (χ4v) is 3.73. The second kappa shape index (κ2) is 13.9. The second-order valence-corrected chi connectivity index (χ2v) is 8.22. The van der Waals surface area contributed by atoms with Crippen LogP contribution in [0.5, 0.6) is 0 Å². The van der Waals surface area contributed by atoms with E-state index >= 15 is 0 Å². The van der Waals surface area contributed by atoms with E-state index < -0.39 is 10.8 Å². The summed E-state index contributed by atoms with van der Waals surface area (Å²) in [6.07, 6.45) is 19.7. The molecule has 0 rings (SSSR count). The molecule has 1 radical (unpaired) electrons. The molecule has 0 amide bonds. The van der Waals surface area contributed by atoms with Crippen molar-refractivity contribution in [2.24, 2.45) is 10.8 Å². The molecule has 0 bridgehead atoms. The van der Waals surface area contributed by atoms with E-state index in [9.17, 15) is 9.59 Å². The van der Waals surface area contributed by atoms with Gasteiger partial charge < -0.3 is 4.79 Å². The average molecular weight is 362 g/mol. The van der Waals surface area contributed by atoms with E-state index in [2.05, 4.69) is 46.6 Å². The van der Waals surface area contributed by atoms with E-state index in [1.807, 2.05) is 6.08 Å². The van der Waals surface area contributed by atoms with Gasteiger partial charge in [-0.1, -0.05) is 82.9 Å². The normalized spacial score (nSPS) is 15.5. The highest BCUT2D eigenvalue weighted by molar-refractivity contribution is 5.69. The predicted molar refractivity (Wildman–Crippen MR) is 113 cm³/mol. The SMILES string of the molecule is C=CC(C)(CCC=C(C)C)C([C]=O)(CC=O)CCCCCCCCCC. The molecule has 149 valence electrons. The van der Waals surface area contributed by atoms with Crippen molar-refractivity contribution in [2.45, 2.75) is 105 Å². The molecule has 2 heteroatoms. The van der Waals surface area contributed by atoms with Crippen molar-refractivity contribution in [1.82, 2.24) is 0 Å². The van der Waals surface area contributed by atoms with Crippen LogP contribution in [-0.2, 0) is 9.59 Å². The maximum absolute atomic E-state index is 12.0. The summed E-state index contributed by atoms with van der Waals surface area (Å²) in [4.78, 5) is 23.3. The maximum atomic E-state index is 12.0. The Bertz CT molecular complexity index is 433. The maximum Gasteiger partial charge on any atom is 0.206 e. The zero-order valence-corrected chi connectivity index (χ0v) is 17.7. The Morgan fingerprint density at radius 3 is 2.04 bits per heavy atom. The second-order valence-electron chi connectivity index (χ2n) is 8.22. The third-order valence-corrected chi connectivity index (χ3v) is 5.84. The summed E-state index contributed by atoms with van der Waals surface area (Å²) >= 11 is 0. The van der Waals surface area contributed by atoms with Crippen LogP contribution < -0.4 is 0 Å². The van der Waals surface area contributed by atoms with Crippen LogP contribution in [0.3, 0.4) is 0 Å². The highest BCUT2D eigenvalue weighted by atomic mass is 16.1. The van der Waals surface area contributed by atoms with Crippen molar-refractivity contribution in [2.75, 3.05) is 0 Å². The van der Waals surface area contributed by atoms with Gasteiger partial charge in [-0.15, -0.1) is 6.58 Å². The summed E-state index contributed by atoms with van der Waals surface area (Å²) in [7, 11) is 0. The number of hydrogen-bond donors (Lipinski definition) is 0. The lowest BCUT2D eigenvalue weighted by Crippen LogP contribution is -2.40. The van der Waals surface area contributed by atoms with Gasteiger partial charge in [-0.3, -0.25) is 4.79 Å². The Morgan fingerprint density at radius 2 is 1.58 bits per heavy atom. The van der Waals surface area contributed by atoms with E-state index in [-0.39, 0.29) is 6.42 Å². The van der Waals surface area contributed by atoms with Gasteiger partial charge in [0.15, 0.2) is 0 Å². The molecule has 26 heavy (non-hydrogen) atoms. The Morgan fingerprint density at radius 1 is 1.00 bits per heavy atom. The van der Waals surface area contributed by atoms with Gasteiger partial charge in [-0.25, -0.2) is 0 Å². The molecule has 0 spiro atoms. The van der Waals surface area contributed by atoms with E-state index in [0.717, 1.165) is 38.4 Å². The molecule has 0 heterocycles. The van der Waals surface area contributed by atoms with Crippen molar-refractivity contribution < 1.29 is 9.59 Å². The fraction of sp³-hybridized carbons (Fsp3) is 0.750. The molecule has 2 unspecified atom stereocenters. The number of aldehydes is 1. The highest BCUT2D eigenvalue weighted by Gasteiger charge is 2.45. The van der Waals surface area contributed by atoms with Gasteiger partial charge in [0.05, 0.1) is 5.41 Å². The van der Waals surface area contributed by atoms with E-state index in [0.29, 0.717) is 0 Å². The third kappa shape index (κ3) is 8.47. The zero-order valence-electron chi connectivity index (χ0n) is 17.7. The summed E-state index contributed by atoms with van der Waals surface area (Å²) < 4.78 is 0. The van der Waals surface area contributed by atoms with Gasteiger partial charge in [0, 0.05) is 6.42 Å². The molecule has 0 saturated heterocycles. The van der Waals surface area contributed by atoms with Crippen LogP contribution in [0.4, 0.5) is 0 Å². The van der Waals surface area contributed by atoms with Gasteiger partial charge in [-0.05, 0) is 38.5 Å². The molecule has 0 aliphatic heterocycles. The molecule has 0 aromatic carbocycles. The standard InChI is InChI=1S/C24H41O2/c1-6-8-9-10-11-12-13-14-18-24(21-26,19-20-25)23(5,7-2)17-15-16-22(3)4/h7,16,20H,2,6,8-15,17-19H2,1,3-5H3. The summed E-state index contributed by atoms with van der Waals surface area (Å²) in [5, 5.41) is 0. The number of rotatable bonds is 17. The summed E-state index contributed by atoms with van der Waals surface area (Å²) in [6.45, 7) is 12.5. The molecule has 0 N–H and O–H groups in total. The van der Waals surface area contributed by atoms with Crippen LogP contribution >= 0.6 is 0 Å². The number of carbonyl (C=O) groups excluding carboxylic acids is 2. The number of allylic oxidation sites excluding steroid dienone is 3. The van der Waals surface area contributed by atoms with Gasteiger partial charge in [0.2, 0.25) is 6.29 Å². The minimum atomic E-state index is -0.742. The quantitative estimate of drug-likeness (QED) is 0.157. The number of carbonyl (C=O) groups is 1. The van der Waals surface area contributed by atoms with Crippen molar-refractivity contribution in [3.63, 3.8) is 0 Å². The fourth-order valence-electron chi connectivity index (χ4n) is 3.73. The first-order valence-electron chi connectivity index (χ1n) is 10.5. The number of unbranched alkanes of at least 4 members (excludes halogenated alkanes) is 7. The van der Waals surface area contributed by atoms with E-state index in [1.54, 1.807) is 0 Å². The molecule has 0 aliphatic rings. The molecule has 0 aromatic rings. The molecular formula is C24H41O2. The summed E-state index contributed by atoms with van der Waals surface area (Å²) in [6, 6.07) is 0. The summed E-state index contributed by atoms with van der Waals surface area (Å²) in [5.41, 5.74) is 0.132. The Balaban J connectivity index is 4.78. The zero-order chi connectivity index (χ0) is 19.9. The van der Waals surface area contributed by atoms with E-state index in [1.165, 1.54) is 44.1 Å².